The van der Waals surface area contributed by atoms with Gasteiger partial charge in [0.05, 0.1) is 12.5 Å². The smallest absolute Gasteiger partial charge is 0.234 e. The van der Waals surface area contributed by atoms with Gasteiger partial charge in [0.2, 0.25) is 9.70 Å². The van der Waals surface area contributed by atoms with Crippen molar-refractivity contribution in [1.29, 1.82) is 0 Å². The number of carbonyl (C=O) groups excluding carboxylic acids is 2. The first-order chi connectivity index (χ1) is 10.9. The van der Waals surface area contributed by atoms with Gasteiger partial charge in [-0.25, -0.2) is 4.39 Å². The van der Waals surface area contributed by atoms with Crippen LogP contribution >= 0.6 is 66.7 Å². The predicted molar refractivity (Wildman–Crippen MR) is 97.3 cm³/mol. The topological polar surface area (TPSA) is 75.6 Å². The summed E-state index contributed by atoms with van der Waals surface area (Å²) in [5.41, 5.74) is -2.13. The molecular formula is C13H13Br2Cl3FNO4. The summed E-state index contributed by atoms with van der Waals surface area (Å²) in [6, 6.07) is 0. The zero-order valence-electron chi connectivity index (χ0n) is 12.2. The summed E-state index contributed by atoms with van der Waals surface area (Å²) in [6.45, 7) is -0.133. The molecule has 0 aromatic carbocycles. The molecule has 0 saturated carbocycles. The van der Waals surface area contributed by atoms with Crippen molar-refractivity contribution in [3.8, 4) is 0 Å². The maximum Gasteiger partial charge on any atom is 0.234 e. The van der Waals surface area contributed by atoms with Crippen LogP contribution in [0.2, 0.25) is 0 Å². The summed E-state index contributed by atoms with van der Waals surface area (Å²) in [5.74, 6) is -2.84. The molecule has 1 aliphatic carbocycles. The largest absolute Gasteiger partial charge is 0.376 e. The van der Waals surface area contributed by atoms with Gasteiger partial charge < -0.3 is 15.2 Å². The Bertz CT molecular complexity index is 582. The van der Waals surface area contributed by atoms with Crippen molar-refractivity contribution in [3.05, 3.63) is 21.1 Å². The lowest BCUT2D eigenvalue weighted by Gasteiger charge is -2.35. The summed E-state index contributed by atoms with van der Waals surface area (Å²) in [7, 11) is 0. The molecule has 1 amide bonds. The van der Waals surface area contributed by atoms with E-state index in [1.807, 2.05) is 0 Å². The average molecular weight is 532 g/mol. The van der Waals surface area contributed by atoms with Crippen LogP contribution in [0.3, 0.4) is 0 Å². The van der Waals surface area contributed by atoms with E-state index in [4.69, 9.17) is 39.5 Å². The fourth-order valence-electron chi connectivity index (χ4n) is 1.96. The normalized spacial score (nSPS) is 25.6. The van der Waals surface area contributed by atoms with Crippen molar-refractivity contribution in [1.82, 2.24) is 5.32 Å². The van der Waals surface area contributed by atoms with Gasteiger partial charge >= 0.3 is 0 Å². The molecular weight excluding hydrogens is 519 g/mol. The molecule has 24 heavy (non-hydrogen) atoms. The van der Waals surface area contributed by atoms with E-state index >= 15 is 0 Å². The first kappa shape index (κ1) is 22.3. The van der Waals surface area contributed by atoms with E-state index in [0.29, 0.717) is 4.48 Å². The molecule has 0 fully saturated rings. The fraction of sp³-hybridized carbons (Fsp3) is 0.538. The lowest BCUT2D eigenvalue weighted by molar-refractivity contribution is -0.144. The van der Waals surface area contributed by atoms with Crippen LogP contribution in [-0.4, -0.2) is 45.7 Å². The molecule has 136 valence electrons. The molecule has 1 rings (SSSR count). The van der Waals surface area contributed by atoms with Crippen molar-refractivity contribution in [2.75, 3.05) is 13.3 Å². The number of halogens is 6. The van der Waals surface area contributed by atoms with E-state index in [-0.39, 0.29) is 4.48 Å². The number of amides is 1. The molecule has 2 N–H and O–H groups in total. The number of hydrogen-bond donors (Lipinski definition) is 2. The van der Waals surface area contributed by atoms with Crippen LogP contribution in [0, 0.1) is 5.92 Å². The Morgan fingerprint density at radius 2 is 2.08 bits per heavy atom. The van der Waals surface area contributed by atoms with Crippen molar-refractivity contribution >= 4 is 78.4 Å². The third-order valence-corrected chi connectivity index (χ3v) is 5.08. The Morgan fingerprint density at radius 3 is 2.54 bits per heavy atom. The molecule has 0 heterocycles. The Morgan fingerprint density at radius 1 is 1.50 bits per heavy atom. The first-order valence-electron chi connectivity index (χ1n) is 6.47. The standard InChI is InChI=1S/C13H13Br2Cl3FNO4/c1-6(21)12(23)8(4-7(14)5-9(12)15)10(22)20-11(13(16,17)18)24-3-2-19/h4-5,8,11,23H,2-3H2,1H3,(H,20,22). The molecule has 3 atom stereocenters. The molecule has 0 aliphatic heterocycles. The Hall–Kier alpha value is 0.300. The van der Waals surface area contributed by atoms with E-state index in [0.717, 1.165) is 6.92 Å². The molecule has 11 heteroatoms. The van der Waals surface area contributed by atoms with Gasteiger partial charge in [-0.05, 0) is 13.0 Å². The highest BCUT2D eigenvalue weighted by Crippen LogP contribution is 2.40. The third kappa shape index (κ3) is 5.16. The van der Waals surface area contributed by atoms with Gasteiger partial charge in [-0.2, -0.15) is 0 Å². The maximum absolute atomic E-state index is 12.5. The summed E-state index contributed by atoms with van der Waals surface area (Å²) < 4.78 is 15.7. The Labute approximate surface area is 169 Å². The van der Waals surface area contributed by atoms with Crippen LogP contribution in [0.1, 0.15) is 6.92 Å². The second kappa shape index (κ2) is 8.79. The highest BCUT2D eigenvalue weighted by Gasteiger charge is 2.50. The molecule has 0 saturated heterocycles. The second-order valence-corrected chi connectivity index (χ2v) is 8.97. The van der Waals surface area contributed by atoms with Gasteiger partial charge in [0.1, 0.15) is 6.67 Å². The Kier molecular flexibility index (Phi) is 8.19. The molecule has 0 aromatic rings. The summed E-state index contributed by atoms with van der Waals surface area (Å²) in [5, 5.41) is 12.9. The monoisotopic (exact) mass is 529 g/mol. The number of nitrogens with one attached hydrogen (secondary N) is 1. The average Bonchev–Trinajstić information content (AvgIpc) is 2.45. The highest BCUT2D eigenvalue weighted by atomic mass is 79.9. The van der Waals surface area contributed by atoms with Crippen LogP contribution in [0.15, 0.2) is 21.1 Å². The number of allylic oxidation sites excluding steroid dienone is 2. The lowest BCUT2D eigenvalue weighted by atomic mass is 9.80. The number of ether oxygens (including phenoxy) is 1. The van der Waals surface area contributed by atoms with Crippen molar-refractivity contribution in [2.45, 2.75) is 22.5 Å². The van der Waals surface area contributed by atoms with Gasteiger partial charge in [-0.15, -0.1) is 0 Å². The van der Waals surface area contributed by atoms with Gasteiger partial charge in [0, 0.05) is 8.96 Å². The van der Waals surface area contributed by atoms with E-state index in [2.05, 4.69) is 37.2 Å². The zero-order chi connectivity index (χ0) is 18.7. The van der Waals surface area contributed by atoms with Crippen LogP contribution < -0.4 is 5.32 Å². The minimum Gasteiger partial charge on any atom is -0.376 e. The van der Waals surface area contributed by atoms with E-state index in [1.54, 1.807) is 0 Å². The van der Waals surface area contributed by atoms with Gasteiger partial charge in [-0.3, -0.25) is 9.59 Å². The first-order valence-corrected chi connectivity index (χ1v) is 9.19. The number of hydrogen-bond acceptors (Lipinski definition) is 4. The molecule has 3 unspecified atom stereocenters. The third-order valence-electron chi connectivity index (χ3n) is 3.16. The summed E-state index contributed by atoms with van der Waals surface area (Å²) >= 11 is 23.4. The molecule has 5 nitrogen and oxygen atoms in total. The molecule has 0 radical (unpaired) electrons. The maximum atomic E-state index is 12.5. The van der Waals surface area contributed by atoms with E-state index in [1.165, 1.54) is 12.2 Å². The number of carbonyl (C=O) groups is 2. The van der Waals surface area contributed by atoms with Crippen molar-refractivity contribution in [3.63, 3.8) is 0 Å². The van der Waals surface area contributed by atoms with Gasteiger partial charge in [0.15, 0.2) is 17.6 Å². The molecule has 1 aliphatic rings. The quantitative estimate of drug-likeness (QED) is 0.407. The van der Waals surface area contributed by atoms with E-state index < -0.39 is 46.5 Å². The summed E-state index contributed by atoms with van der Waals surface area (Å²) in [6.07, 6.45) is 1.29. The number of alkyl halides is 4. The summed E-state index contributed by atoms with van der Waals surface area (Å²) in [4.78, 5) is 24.4. The second-order valence-electron chi connectivity index (χ2n) is 4.83. The molecule has 0 bridgehead atoms. The number of ketones is 1. The van der Waals surface area contributed by atoms with Crippen LogP contribution in [0.5, 0.6) is 0 Å². The molecule has 0 aromatic heterocycles. The molecule has 0 spiro atoms. The van der Waals surface area contributed by atoms with Crippen LogP contribution in [0.4, 0.5) is 4.39 Å². The van der Waals surface area contributed by atoms with Gasteiger partial charge in [0.25, 0.3) is 0 Å². The van der Waals surface area contributed by atoms with Crippen LogP contribution in [0.25, 0.3) is 0 Å². The predicted octanol–water partition coefficient (Wildman–Crippen LogP) is 3.29. The fourth-order valence-corrected chi connectivity index (χ4v) is 3.89. The minimum atomic E-state index is -2.13. The number of rotatable bonds is 6. The van der Waals surface area contributed by atoms with Gasteiger partial charge in [-0.1, -0.05) is 72.7 Å². The van der Waals surface area contributed by atoms with Crippen LogP contribution in [-0.2, 0) is 14.3 Å². The number of Topliss-reactive ketones (excluding diaryl/α,β-unsaturated/α-hetero) is 1. The van der Waals surface area contributed by atoms with Crippen molar-refractivity contribution < 1.29 is 23.8 Å². The minimum absolute atomic E-state index is 0.0899. The zero-order valence-corrected chi connectivity index (χ0v) is 17.6. The highest BCUT2D eigenvalue weighted by molar-refractivity contribution is 9.12. The van der Waals surface area contributed by atoms with Crippen molar-refractivity contribution in [2.24, 2.45) is 5.92 Å². The lowest BCUT2D eigenvalue weighted by Crippen LogP contribution is -2.56. The Balaban J connectivity index is 3.10. The van der Waals surface area contributed by atoms with E-state index in [9.17, 15) is 19.1 Å². The SMILES string of the molecule is CC(=O)C1(O)C(Br)=CC(Br)=CC1C(=O)NC(OCCF)C(Cl)(Cl)Cl. The number of aliphatic hydroxyl groups is 1.